The Kier molecular flexibility index (Phi) is 147. The van der Waals surface area contributed by atoms with Gasteiger partial charge in [0, 0.05) is 57.3 Å². The van der Waals surface area contributed by atoms with Gasteiger partial charge in [-0.1, -0.05) is 0 Å². The first kappa shape index (κ1) is 32.4. The first-order chi connectivity index (χ1) is 0. The van der Waals surface area contributed by atoms with Crippen LogP contribution in [0, 0.1) is 35.6 Å². The molecule has 1 nitrogen and oxygen atoms in total. The summed E-state index contributed by atoms with van der Waals surface area (Å²) in [5.41, 5.74) is 0. The molecule has 0 saturated carbocycles. The van der Waals surface area contributed by atoms with E-state index < -0.39 is 0 Å². The van der Waals surface area contributed by atoms with Crippen LogP contribution >= 0.6 is 0 Å². The molecule has 0 amide bonds. The van der Waals surface area contributed by atoms with Gasteiger partial charge in [0.1, 0.15) is 0 Å². The molecule has 0 aromatic rings. The van der Waals surface area contributed by atoms with E-state index >= 15 is 0 Å². The third-order valence-corrected chi connectivity index (χ3v) is 0. The average molecular weight is 235 g/mol. The first-order valence-corrected chi connectivity index (χ1v) is 0. The van der Waals surface area contributed by atoms with Gasteiger partial charge in [-0.15, -0.1) is 0 Å². The quantitative estimate of drug-likeness (QED) is 0.434. The molecule has 0 unspecified atom stereocenters. The van der Waals surface area contributed by atoms with E-state index in [-0.39, 0.29) is 80.2 Å². The van der Waals surface area contributed by atoms with Crippen LogP contribution in [0.3, 0.4) is 0 Å². The summed E-state index contributed by atoms with van der Waals surface area (Å²) in [6.45, 7) is 0. The Morgan fingerprint density at radius 1 is 1.00 bits per heavy atom. The van der Waals surface area contributed by atoms with Gasteiger partial charge in [0.2, 0.25) is 0 Å². The second-order valence-corrected chi connectivity index (χ2v) is 0. The van der Waals surface area contributed by atoms with Gasteiger partial charge in [0.25, 0.3) is 0 Å². The minimum absolute atomic E-state index is 0. The second kappa shape index (κ2) is 18.1. The van der Waals surface area contributed by atoms with Gasteiger partial charge in [-0.3, -0.25) is 0 Å². The minimum Gasteiger partial charge on any atom is -0.412 e. The van der Waals surface area contributed by atoms with Crippen LogP contribution in [0.1, 0.15) is 0 Å². The normalized spacial score (nSPS) is 0. The van der Waals surface area contributed by atoms with Gasteiger partial charge in [-0.25, -0.2) is 0 Å². The van der Waals surface area contributed by atoms with E-state index in [9.17, 15) is 0 Å². The van der Waals surface area contributed by atoms with Crippen molar-refractivity contribution in [2.24, 2.45) is 0 Å². The third-order valence-electron chi connectivity index (χ3n) is 0. The molecule has 0 saturated heterocycles. The van der Waals surface area contributed by atoms with Crippen molar-refractivity contribution in [3.8, 4) is 0 Å². The van der Waals surface area contributed by atoms with Gasteiger partial charge in [0.15, 0.2) is 17.4 Å². The molecule has 1 radical (unpaired) electrons. The molecular formula is H5AlLaOTi. The van der Waals surface area contributed by atoms with E-state index in [0.29, 0.717) is 0 Å². The Morgan fingerprint density at radius 3 is 1.00 bits per heavy atom. The molecule has 0 aromatic carbocycles. The maximum Gasteiger partial charge on any atom is 0.187 e. The summed E-state index contributed by atoms with van der Waals surface area (Å²) in [4.78, 5) is 0. The summed E-state index contributed by atoms with van der Waals surface area (Å²) in [5, 5.41) is 0. The molecule has 0 aromatic heterocycles. The Balaban J connectivity index is 0. The standard InChI is InChI=1S/Al.La.H2O.Ti.3H/h;;1H2;;;;. The molecular weight excluding hydrogens is 230 g/mol. The molecule has 0 rings (SSSR count). The van der Waals surface area contributed by atoms with E-state index in [2.05, 4.69) is 0 Å². The fourth-order valence-electron chi connectivity index (χ4n) is 0. The Hall–Kier alpha value is 2.40. The molecule has 0 spiro atoms. The van der Waals surface area contributed by atoms with Gasteiger partial charge in [-0.2, -0.15) is 0 Å². The topological polar surface area (TPSA) is 31.5 Å². The van der Waals surface area contributed by atoms with Gasteiger partial charge < -0.3 is 5.48 Å². The van der Waals surface area contributed by atoms with Gasteiger partial charge >= 0.3 is 0 Å². The molecule has 0 fully saturated rings. The SMILES string of the molecule is O.[AlH3].[La].[Ti]. The van der Waals surface area contributed by atoms with E-state index in [1.807, 2.05) is 0 Å². The maximum absolute atomic E-state index is 0. The monoisotopic (exact) mass is 235 g/mol. The van der Waals surface area contributed by atoms with E-state index in [4.69, 9.17) is 0 Å². The minimum atomic E-state index is 0. The van der Waals surface area contributed by atoms with Crippen LogP contribution < -0.4 is 0 Å². The Bertz CT molecular complexity index is 8.00. The van der Waals surface area contributed by atoms with Crippen molar-refractivity contribution in [2.75, 3.05) is 0 Å². The number of hydrogen-bond donors (Lipinski definition) is 0. The van der Waals surface area contributed by atoms with Gasteiger partial charge in [0.05, 0.1) is 0 Å². The van der Waals surface area contributed by atoms with Crippen LogP contribution in [0.25, 0.3) is 0 Å². The molecule has 0 aliphatic rings. The zero-order valence-electron chi connectivity index (χ0n) is 1.58. The molecule has 0 bridgehead atoms. The van der Waals surface area contributed by atoms with Crippen LogP contribution in [-0.2, 0) is 21.7 Å². The third kappa shape index (κ3) is 8.83. The van der Waals surface area contributed by atoms with Crippen molar-refractivity contribution in [3.05, 3.63) is 0 Å². The average Bonchev–Trinajstić information content (AvgIpc) is 0. The van der Waals surface area contributed by atoms with E-state index in [1.165, 1.54) is 0 Å². The molecule has 0 aliphatic carbocycles. The van der Waals surface area contributed by atoms with E-state index in [1.54, 1.807) is 0 Å². The van der Waals surface area contributed by atoms with Gasteiger partial charge in [-0.05, 0) is 0 Å². The van der Waals surface area contributed by atoms with Crippen molar-refractivity contribution in [3.63, 3.8) is 0 Å². The molecule has 21 valence electrons. The Labute approximate surface area is 78.8 Å². The van der Waals surface area contributed by atoms with Crippen molar-refractivity contribution < 1.29 is 62.8 Å². The summed E-state index contributed by atoms with van der Waals surface area (Å²) in [7, 11) is 0. The first-order valence-electron chi connectivity index (χ1n) is 0. The zero-order chi connectivity index (χ0) is 0. The van der Waals surface area contributed by atoms with Crippen molar-refractivity contribution in [1.82, 2.24) is 0 Å². The summed E-state index contributed by atoms with van der Waals surface area (Å²) < 4.78 is 0. The Morgan fingerprint density at radius 2 is 1.00 bits per heavy atom. The fraction of sp³-hybridized carbons (Fsp3) is 0. The molecule has 2 N–H and O–H groups in total. The molecule has 0 heterocycles. The summed E-state index contributed by atoms with van der Waals surface area (Å²) in [6.07, 6.45) is 0. The summed E-state index contributed by atoms with van der Waals surface area (Å²) >= 11 is 0. The summed E-state index contributed by atoms with van der Waals surface area (Å²) in [6, 6.07) is 0. The van der Waals surface area contributed by atoms with Crippen molar-refractivity contribution in [2.45, 2.75) is 0 Å². The molecule has 4 heteroatoms. The zero-order valence-corrected chi connectivity index (χ0v) is 6.76. The second-order valence-electron chi connectivity index (χ2n) is 0. The van der Waals surface area contributed by atoms with Crippen molar-refractivity contribution in [1.29, 1.82) is 0 Å². The smallest absolute Gasteiger partial charge is 0.187 e. The predicted octanol–water partition coefficient (Wildman–Crippen LogP) is -2.01. The van der Waals surface area contributed by atoms with E-state index in [0.717, 1.165) is 0 Å². The van der Waals surface area contributed by atoms with Crippen LogP contribution in [-0.4, -0.2) is 22.8 Å². The molecule has 0 atom stereocenters. The van der Waals surface area contributed by atoms with Crippen molar-refractivity contribution >= 4 is 17.4 Å². The number of hydrogen-bond acceptors (Lipinski definition) is 0. The molecule has 4 heavy (non-hydrogen) atoms. The maximum atomic E-state index is 0. The fourth-order valence-corrected chi connectivity index (χ4v) is 0. The predicted molar refractivity (Wildman–Crippen MR) is 13.6 cm³/mol. The summed E-state index contributed by atoms with van der Waals surface area (Å²) in [5.74, 6) is 0. The van der Waals surface area contributed by atoms with Crippen LogP contribution in [0.4, 0.5) is 0 Å². The largest absolute Gasteiger partial charge is 0.412 e. The van der Waals surface area contributed by atoms with Crippen LogP contribution in [0.5, 0.6) is 0 Å². The van der Waals surface area contributed by atoms with Crippen LogP contribution in [0.2, 0.25) is 0 Å². The number of rotatable bonds is 0. The van der Waals surface area contributed by atoms with Crippen LogP contribution in [0.15, 0.2) is 0 Å². The molecule has 0 aliphatic heterocycles.